The van der Waals surface area contributed by atoms with E-state index >= 15 is 0 Å². The van der Waals surface area contributed by atoms with Gasteiger partial charge in [-0.05, 0) is 31.4 Å². The van der Waals surface area contributed by atoms with E-state index in [4.69, 9.17) is 5.11 Å². The molecule has 0 aliphatic heterocycles. The second-order valence-corrected chi connectivity index (χ2v) is 5.58. The molecule has 1 aromatic rings. The Kier molecular flexibility index (Phi) is 4.37. The van der Waals surface area contributed by atoms with E-state index in [0.29, 0.717) is 11.6 Å². The molecule has 1 aliphatic rings. The molecule has 0 aromatic carbocycles. The summed E-state index contributed by atoms with van der Waals surface area (Å²) in [5.74, 6) is -0.914. The first-order valence-corrected chi connectivity index (χ1v) is 7.30. The average Bonchev–Trinajstić information content (AvgIpc) is 3.10. The first-order valence-electron chi connectivity index (χ1n) is 6.42. The summed E-state index contributed by atoms with van der Waals surface area (Å²) in [4.78, 5) is 25.5. The van der Waals surface area contributed by atoms with Gasteiger partial charge in [-0.3, -0.25) is 4.79 Å². The summed E-state index contributed by atoms with van der Waals surface area (Å²) < 4.78 is 0. The van der Waals surface area contributed by atoms with Crippen LogP contribution >= 0.6 is 11.3 Å². The molecular formula is C14H17NO3S. The summed E-state index contributed by atoms with van der Waals surface area (Å²) in [7, 11) is 0. The minimum Gasteiger partial charge on any atom is -0.478 e. The normalized spacial score (nSPS) is 14.8. The molecule has 1 fully saturated rings. The predicted octanol–water partition coefficient (Wildman–Crippen LogP) is 2.86. The van der Waals surface area contributed by atoms with Gasteiger partial charge in [0.05, 0.1) is 5.56 Å². The third-order valence-corrected chi connectivity index (χ3v) is 3.87. The van der Waals surface area contributed by atoms with Gasteiger partial charge in [-0.25, -0.2) is 4.79 Å². The molecular weight excluding hydrogens is 262 g/mol. The van der Waals surface area contributed by atoms with E-state index < -0.39 is 5.97 Å². The summed E-state index contributed by atoms with van der Waals surface area (Å²) in [6.07, 6.45) is 5.76. The van der Waals surface area contributed by atoms with Crippen LogP contribution in [-0.2, 0) is 4.79 Å². The first kappa shape index (κ1) is 13.8. The van der Waals surface area contributed by atoms with Crippen LogP contribution in [0, 0.1) is 0 Å². The van der Waals surface area contributed by atoms with Gasteiger partial charge in [0.1, 0.15) is 0 Å². The Morgan fingerprint density at radius 2 is 2.26 bits per heavy atom. The monoisotopic (exact) mass is 279 g/mol. The number of carboxylic acid groups (broad SMARTS) is 1. The third-order valence-electron chi connectivity index (χ3n) is 2.97. The zero-order chi connectivity index (χ0) is 13.8. The van der Waals surface area contributed by atoms with Crippen LogP contribution in [0.25, 0.3) is 6.08 Å². The van der Waals surface area contributed by atoms with Gasteiger partial charge in [0, 0.05) is 28.9 Å². The number of thiophene rings is 1. The van der Waals surface area contributed by atoms with Crippen molar-refractivity contribution in [3.8, 4) is 0 Å². The highest BCUT2D eigenvalue weighted by atomic mass is 32.1. The van der Waals surface area contributed by atoms with Gasteiger partial charge in [0.25, 0.3) is 5.91 Å². The van der Waals surface area contributed by atoms with Crippen molar-refractivity contribution in [2.24, 2.45) is 0 Å². The average molecular weight is 279 g/mol. The highest BCUT2D eigenvalue weighted by Crippen LogP contribution is 2.29. The molecule has 1 amide bonds. The molecule has 0 spiro atoms. The molecule has 0 atom stereocenters. The minimum absolute atomic E-state index is 0.0653. The summed E-state index contributed by atoms with van der Waals surface area (Å²) in [5, 5.41) is 10.4. The van der Waals surface area contributed by atoms with Crippen molar-refractivity contribution in [1.29, 1.82) is 0 Å². The lowest BCUT2D eigenvalue weighted by molar-refractivity contribution is -0.131. The largest absolute Gasteiger partial charge is 0.478 e. The number of hydrogen-bond donors (Lipinski definition) is 1. The predicted molar refractivity (Wildman–Crippen MR) is 75.3 cm³/mol. The number of nitrogens with zero attached hydrogens (tertiary/aromatic N) is 1. The van der Waals surface area contributed by atoms with Crippen LogP contribution in [0.1, 0.15) is 41.4 Å². The number of aliphatic carboxylic acids is 1. The van der Waals surface area contributed by atoms with Gasteiger partial charge >= 0.3 is 5.97 Å². The van der Waals surface area contributed by atoms with Gasteiger partial charge in [-0.2, -0.15) is 0 Å². The van der Waals surface area contributed by atoms with Crippen molar-refractivity contribution >= 4 is 29.3 Å². The lowest BCUT2D eigenvalue weighted by Crippen LogP contribution is -2.33. The highest BCUT2D eigenvalue weighted by molar-refractivity contribution is 7.11. The standard InChI is InChI=1S/C14H17NO3S/c1-2-7-15(11-3-4-11)14(18)10-8-12(19-9-10)5-6-13(16)17/h5-6,8-9,11H,2-4,7H2,1H3,(H,16,17). The van der Waals surface area contributed by atoms with Crippen LogP contribution in [0.2, 0.25) is 0 Å². The van der Waals surface area contributed by atoms with E-state index in [1.165, 1.54) is 17.4 Å². The van der Waals surface area contributed by atoms with Gasteiger partial charge in [-0.1, -0.05) is 6.92 Å². The number of hydrogen-bond acceptors (Lipinski definition) is 3. The van der Waals surface area contributed by atoms with E-state index in [1.54, 1.807) is 11.4 Å². The zero-order valence-corrected chi connectivity index (χ0v) is 11.7. The minimum atomic E-state index is -0.980. The molecule has 1 saturated carbocycles. The van der Waals surface area contributed by atoms with Crippen LogP contribution in [-0.4, -0.2) is 34.5 Å². The Hall–Kier alpha value is -1.62. The maximum Gasteiger partial charge on any atom is 0.328 e. The molecule has 0 bridgehead atoms. The maximum atomic E-state index is 12.4. The second kappa shape index (κ2) is 6.02. The van der Waals surface area contributed by atoms with Crippen LogP contribution in [0.15, 0.2) is 17.5 Å². The SMILES string of the molecule is CCCN(C(=O)c1csc(C=CC(=O)O)c1)C1CC1. The fraction of sp³-hybridized carbons (Fsp3) is 0.429. The van der Waals surface area contributed by atoms with E-state index in [0.717, 1.165) is 36.8 Å². The molecule has 1 N–H and O–H groups in total. The fourth-order valence-electron chi connectivity index (χ4n) is 1.95. The molecule has 0 unspecified atom stereocenters. The molecule has 4 nitrogen and oxygen atoms in total. The van der Waals surface area contributed by atoms with E-state index in [2.05, 4.69) is 6.92 Å². The van der Waals surface area contributed by atoms with Crippen LogP contribution in [0.4, 0.5) is 0 Å². The molecule has 2 rings (SSSR count). The Balaban J connectivity index is 2.08. The van der Waals surface area contributed by atoms with Crippen molar-refractivity contribution in [2.45, 2.75) is 32.2 Å². The van der Waals surface area contributed by atoms with Gasteiger partial charge in [0.2, 0.25) is 0 Å². The molecule has 0 saturated heterocycles. The fourth-order valence-corrected chi connectivity index (χ4v) is 2.72. The third kappa shape index (κ3) is 3.67. The van der Waals surface area contributed by atoms with Crippen molar-refractivity contribution in [3.63, 3.8) is 0 Å². The quantitative estimate of drug-likeness (QED) is 0.815. The number of carboxylic acids is 1. The molecule has 1 aliphatic carbocycles. The smallest absolute Gasteiger partial charge is 0.328 e. The lowest BCUT2D eigenvalue weighted by atomic mass is 10.2. The van der Waals surface area contributed by atoms with Gasteiger partial charge in [0.15, 0.2) is 0 Å². The molecule has 102 valence electrons. The second-order valence-electron chi connectivity index (χ2n) is 4.64. The zero-order valence-electron chi connectivity index (χ0n) is 10.8. The Bertz CT molecular complexity index is 503. The molecule has 19 heavy (non-hydrogen) atoms. The van der Waals surface area contributed by atoms with Crippen LogP contribution in [0.5, 0.6) is 0 Å². The van der Waals surface area contributed by atoms with Gasteiger partial charge in [-0.15, -0.1) is 11.3 Å². The number of carbonyl (C=O) groups is 2. The van der Waals surface area contributed by atoms with E-state index in [9.17, 15) is 9.59 Å². The van der Waals surface area contributed by atoms with Gasteiger partial charge < -0.3 is 10.0 Å². The summed E-state index contributed by atoms with van der Waals surface area (Å²) in [5.41, 5.74) is 0.662. The summed E-state index contributed by atoms with van der Waals surface area (Å²) in [6.45, 7) is 2.86. The molecule has 0 radical (unpaired) electrons. The van der Waals surface area contributed by atoms with E-state index in [1.807, 2.05) is 4.90 Å². The molecule has 1 heterocycles. The topological polar surface area (TPSA) is 57.6 Å². The highest BCUT2D eigenvalue weighted by Gasteiger charge is 2.32. The Labute approximate surface area is 116 Å². The number of carbonyl (C=O) groups excluding carboxylic acids is 1. The van der Waals surface area contributed by atoms with Crippen molar-refractivity contribution < 1.29 is 14.7 Å². The van der Waals surface area contributed by atoms with Crippen molar-refractivity contribution in [3.05, 3.63) is 28.0 Å². The van der Waals surface area contributed by atoms with Crippen molar-refractivity contribution in [1.82, 2.24) is 4.90 Å². The first-order chi connectivity index (χ1) is 9.11. The van der Waals surface area contributed by atoms with Crippen molar-refractivity contribution in [2.75, 3.05) is 6.54 Å². The number of rotatable bonds is 6. The maximum absolute atomic E-state index is 12.4. The van der Waals surface area contributed by atoms with E-state index in [-0.39, 0.29) is 5.91 Å². The lowest BCUT2D eigenvalue weighted by Gasteiger charge is -2.21. The van der Waals surface area contributed by atoms with Crippen LogP contribution in [0.3, 0.4) is 0 Å². The Morgan fingerprint density at radius 1 is 1.53 bits per heavy atom. The summed E-state index contributed by atoms with van der Waals surface area (Å²) >= 11 is 1.39. The Morgan fingerprint density at radius 3 is 2.84 bits per heavy atom. The molecule has 5 heteroatoms. The molecule has 1 aromatic heterocycles. The van der Waals surface area contributed by atoms with Crippen LogP contribution < -0.4 is 0 Å². The summed E-state index contributed by atoms with van der Waals surface area (Å²) in [6, 6.07) is 2.17. The number of amides is 1.